The lowest BCUT2D eigenvalue weighted by molar-refractivity contribution is 0.587. The van der Waals surface area contributed by atoms with E-state index >= 15 is 0 Å². The number of benzene rings is 2. The highest BCUT2D eigenvalue weighted by molar-refractivity contribution is 9.10. The molecule has 0 aliphatic carbocycles. The zero-order chi connectivity index (χ0) is 14.7. The Balaban J connectivity index is 1.93. The maximum Gasteiger partial charge on any atom is 0.0509 e. The van der Waals surface area contributed by atoms with Gasteiger partial charge in [0.1, 0.15) is 0 Å². The summed E-state index contributed by atoms with van der Waals surface area (Å²) in [5.74, 6) is 0. The molecule has 1 fully saturated rings. The van der Waals surface area contributed by atoms with Crippen LogP contribution < -0.4 is 10.2 Å². The normalized spacial score (nSPS) is 15.2. The summed E-state index contributed by atoms with van der Waals surface area (Å²) in [6.07, 6.45) is 0. The molecule has 110 valence electrons. The zero-order valence-corrected chi connectivity index (χ0v) is 14.5. The van der Waals surface area contributed by atoms with Crippen LogP contribution >= 0.6 is 27.7 Å². The van der Waals surface area contributed by atoms with Crippen LogP contribution in [-0.4, -0.2) is 26.2 Å². The van der Waals surface area contributed by atoms with Crippen molar-refractivity contribution in [3.8, 4) is 0 Å². The van der Waals surface area contributed by atoms with Gasteiger partial charge in [0.05, 0.1) is 5.69 Å². The van der Waals surface area contributed by atoms with Crippen LogP contribution in [0.3, 0.4) is 0 Å². The second-order valence-electron chi connectivity index (χ2n) is 5.22. The molecule has 3 rings (SSSR count). The molecule has 0 aromatic heterocycles. The highest BCUT2D eigenvalue weighted by Gasteiger charge is 2.15. The first-order chi connectivity index (χ1) is 10.2. The molecule has 4 heteroatoms. The molecule has 0 atom stereocenters. The number of aryl methyl sites for hydroxylation is 1. The molecule has 0 bridgehead atoms. The quantitative estimate of drug-likeness (QED) is 0.875. The van der Waals surface area contributed by atoms with E-state index < -0.39 is 0 Å². The van der Waals surface area contributed by atoms with Gasteiger partial charge in [0, 0.05) is 40.4 Å². The van der Waals surface area contributed by atoms with Crippen LogP contribution in [0.1, 0.15) is 5.56 Å². The van der Waals surface area contributed by atoms with E-state index in [1.807, 2.05) is 11.8 Å². The largest absolute Gasteiger partial charge is 0.368 e. The first-order valence-corrected chi connectivity index (χ1v) is 8.84. The zero-order valence-electron chi connectivity index (χ0n) is 12.1. The molecular weight excluding hydrogens is 344 g/mol. The van der Waals surface area contributed by atoms with E-state index in [4.69, 9.17) is 0 Å². The molecular formula is C17H19BrN2S. The summed E-state index contributed by atoms with van der Waals surface area (Å²) in [4.78, 5) is 5.12. The van der Waals surface area contributed by atoms with Gasteiger partial charge in [0.25, 0.3) is 0 Å². The van der Waals surface area contributed by atoms with Crippen molar-refractivity contribution in [3.63, 3.8) is 0 Å². The topological polar surface area (TPSA) is 15.3 Å². The van der Waals surface area contributed by atoms with Gasteiger partial charge < -0.3 is 10.2 Å². The number of halogens is 1. The summed E-state index contributed by atoms with van der Waals surface area (Å²) >= 11 is 5.46. The third-order valence-electron chi connectivity index (χ3n) is 3.69. The first-order valence-electron chi connectivity index (χ1n) is 7.23. The van der Waals surface area contributed by atoms with Crippen LogP contribution in [0.25, 0.3) is 0 Å². The number of nitrogens with one attached hydrogen (secondary N) is 1. The lowest BCUT2D eigenvalue weighted by atomic mass is 10.2. The van der Waals surface area contributed by atoms with Crippen LogP contribution in [0.4, 0.5) is 5.69 Å². The molecule has 0 radical (unpaired) electrons. The van der Waals surface area contributed by atoms with Gasteiger partial charge in [-0.3, -0.25) is 0 Å². The summed E-state index contributed by atoms with van der Waals surface area (Å²) in [7, 11) is 0. The molecule has 0 unspecified atom stereocenters. The highest BCUT2D eigenvalue weighted by Crippen LogP contribution is 2.38. The predicted octanol–water partition coefficient (Wildman–Crippen LogP) is 4.32. The minimum Gasteiger partial charge on any atom is -0.368 e. The van der Waals surface area contributed by atoms with Crippen molar-refractivity contribution in [2.24, 2.45) is 0 Å². The standard InChI is InChI=1S/C17H19BrN2S/c1-13-4-2-3-5-16(13)21-17-12-14(18)6-7-15(17)20-10-8-19-9-11-20/h2-7,12,19H,8-11H2,1H3. The van der Waals surface area contributed by atoms with E-state index in [1.165, 1.54) is 21.0 Å². The van der Waals surface area contributed by atoms with Gasteiger partial charge in [-0.05, 0) is 36.8 Å². The van der Waals surface area contributed by atoms with E-state index in [2.05, 4.69) is 75.5 Å². The van der Waals surface area contributed by atoms with Crippen molar-refractivity contribution in [2.75, 3.05) is 31.1 Å². The van der Waals surface area contributed by atoms with E-state index in [0.717, 1.165) is 30.7 Å². The molecule has 1 aliphatic rings. The SMILES string of the molecule is Cc1ccccc1Sc1cc(Br)ccc1N1CCNCC1. The Morgan fingerprint density at radius 3 is 2.57 bits per heavy atom. The third-order valence-corrected chi connectivity index (χ3v) is 5.41. The second kappa shape index (κ2) is 6.86. The van der Waals surface area contributed by atoms with Gasteiger partial charge in [-0.15, -0.1) is 0 Å². The van der Waals surface area contributed by atoms with Crippen LogP contribution in [0.15, 0.2) is 56.7 Å². The monoisotopic (exact) mass is 362 g/mol. The molecule has 0 saturated carbocycles. The molecule has 1 heterocycles. The predicted molar refractivity (Wildman–Crippen MR) is 94.5 cm³/mol. The van der Waals surface area contributed by atoms with Gasteiger partial charge in [0.15, 0.2) is 0 Å². The summed E-state index contributed by atoms with van der Waals surface area (Å²) in [5.41, 5.74) is 2.67. The fraction of sp³-hybridized carbons (Fsp3) is 0.294. The Kier molecular flexibility index (Phi) is 4.88. The number of hydrogen-bond acceptors (Lipinski definition) is 3. The van der Waals surface area contributed by atoms with Crippen molar-refractivity contribution < 1.29 is 0 Å². The van der Waals surface area contributed by atoms with Gasteiger partial charge >= 0.3 is 0 Å². The van der Waals surface area contributed by atoms with Crippen molar-refractivity contribution in [3.05, 3.63) is 52.5 Å². The van der Waals surface area contributed by atoms with Crippen LogP contribution in [0.5, 0.6) is 0 Å². The summed E-state index contributed by atoms with van der Waals surface area (Å²) in [5, 5.41) is 3.42. The van der Waals surface area contributed by atoms with Crippen LogP contribution in [0.2, 0.25) is 0 Å². The van der Waals surface area contributed by atoms with Gasteiger partial charge in [-0.1, -0.05) is 45.9 Å². The Bertz CT molecular complexity index is 624. The lowest BCUT2D eigenvalue weighted by Gasteiger charge is -2.31. The number of rotatable bonds is 3. The lowest BCUT2D eigenvalue weighted by Crippen LogP contribution is -2.43. The Morgan fingerprint density at radius 1 is 1.05 bits per heavy atom. The fourth-order valence-corrected chi connectivity index (χ4v) is 4.14. The Morgan fingerprint density at radius 2 is 1.81 bits per heavy atom. The van der Waals surface area contributed by atoms with Crippen LogP contribution in [-0.2, 0) is 0 Å². The molecule has 2 nitrogen and oxygen atoms in total. The fourth-order valence-electron chi connectivity index (χ4n) is 2.53. The van der Waals surface area contributed by atoms with Gasteiger partial charge in [-0.2, -0.15) is 0 Å². The summed E-state index contributed by atoms with van der Waals surface area (Å²) < 4.78 is 1.14. The van der Waals surface area contributed by atoms with E-state index in [1.54, 1.807) is 0 Å². The number of anilines is 1. The average molecular weight is 363 g/mol. The molecule has 1 saturated heterocycles. The molecule has 2 aromatic rings. The maximum atomic E-state index is 3.61. The minimum absolute atomic E-state index is 1.06. The average Bonchev–Trinajstić information content (AvgIpc) is 2.51. The first kappa shape index (κ1) is 14.9. The molecule has 1 N–H and O–H groups in total. The maximum absolute atomic E-state index is 3.61. The van der Waals surface area contributed by atoms with Gasteiger partial charge in [-0.25, -0.2) is 0 Å². The van der Waals surface area contributed by atoms with Gasteiger partial charge in [0.2, 0.25) is 0 Å². The van der Waals surface area contributed by atoms with E-state index in [9.17, 15) is 0 Å². The van der Waals surface area contributed by atoms with Crippen molar-refractivity contribution >= 4 is 33.4 Å². The molecule has 0 spiro atoms. The van der Waals surface area contributed by atoms with Crippen molar-refractivity contribution in [1.82, 2.24) is 5.32 Å². The second-order valence-corrected chi connectivity index (χ2v) is 7.22. The van der Waals surface area contributed by atoms with E-state index in [-0.39, 0.29) is 0 Å². The number of piperazine rings is 1. The van der Waals surface area contributed by atoms with Crippen LogP contribution in [0, 0.1) is 6.92 Å². The van der Waals surface area contributed by atoms with E-state index in [0.29, 0.717) is 0 Å². The Labute approximate surface area is 139 Å². The summed E-state index contributed by atoms with van der Waals surface area (Å²) in [6, 6.07) is 15.2. The smallest absolute Gasteiger partial charge is 0.0509 e. The number of nitrogens with zero attached hydrogens (tertiary/aromatic N) is 1. The van der Waals surface area contributed by atoms with Crippen molar-refractivity contribution in [1.29, 1.82) is 0 Å². The minimum atomic E-state index is 1.06. The molecule has 2 aromatic carbocycles. The molecule has 21 heavy (non-hydrogen) atoms. The molecule has 1 aliphatic heterocycles. The Hall–Kier alpha value is -0.970. The van der Waals surface area contributed by atoms with Crippen molar-refractivity contribution in [2.45, 2.75) is 16.7 Å². The summed E-state index contributed by atoms with van der Waals surface area (Å²) in [6.45, 7) is 6.44. The molecule has 0 amide bonds. The number of hydrogen-bond donors (Lipinski definition) is 1. The third kappa shape index (κ3) is 3.62. The highest BCUT2D eigenvalue weighted by atomic mass is 79.9.